The first-order valence-corrected chi connectivity index (χ1v) is 4.48. The highest BCUT2D eigenvalue weighted by molar-refractivity contribution is 5.19. The van der Waals surface area contributed by atoms with Gasteiger partial charge in [-0.1, -0.05) is 6.92 Å². The smallest absolute Gasteiger partial charge is 0.212 e. The van der Waals surface area contributed by atoms with Crippen molar-refractivity contribution in [3.63, 3.8) is 0 Å². The van der Waals surface area contributed by atoms with Gasteiger partial charge in [-0.2, -0.15) is 0 Å². The van der Waals surface area contributed by atoms with Crippen LogP contribution in [0.5, 0.6) is 5.88 Å². The molecule has 0 fully saturated rings. The van der Waals surface area contributed by atoms with Gasteiger partial charge in [-0.05, 0) is 11.6 Å². The van der Waals surface area contributed by atoms with Crippen molar-refractivity contribution in [1.29, 1.82) is 0 Å². The van der Waals surface area contributed by atoms with Crippen molar-refractivity contribution in [2.75, 3.05) is 13.7 Å². The van der Waals surface area contributed by atoms with E-state index in [-0.39, 0.29) is 12.5 Å². The van der Waals surface area contributed by atoms with Crippen molar-refractivity contribution in [1.82, 2.24) is 4.98 Å². The van der Waals surface area contributed by atoms with E-state index < -0.39 is 6.10 Å². The summed E-state index contributed by atoms with van der Waals surface area (Å²) in [5.41, 5.74) is 0.687. The van der Waals surface area contributed by atoms with Gasteiger partial charge in [0.25, 0.3) is 0 Å². The van der Waals surface area contributed by atoms with Crippen LogP contribution in [0.25, 0.3) is 0 Å². The van der Waals surface area contributed by atoms with Crippen LogP contribution in [0.2, 0.25) is 0 Å². The maximum Gasteiger partial charge on any atom is 0.212 e. The average molecular weight is 197 g/mol. The summed E-state index contributed by atoms with van der Waals surface area (Å²) >= 11 is 0. The predicted molar refractivity (Wildman–Crippen MR) is 52.0 cm³/mol. The number of hydrogen-bond donors (Lipinski definition) is 2. The Morgan fingerprint density at radius 1 is 1.50 bits per heavy atom. The van der Waals surface area contributed by atoms with Crippen molar-refractivity contribution in [2.24, 2.45) is 5.92 Å². The minimum Gasteiger partial charge on any atom is -0.481 e. The van der Waals surface area contributed by atoms with E-state index in [9.17, 15) is 5.11 Å². The number of nitrogens with zero attached hydrogens (tertiary/aromatic N) is 1. The molecule has 1 heterocycles. The van der Waals surface area contributed by atoms with Crippen molar-refractivity contribution in [3.05, 3.63) is 23.9 Å². The van der Waals surface area contributed by atoms with Crippen LogP contribution >= 0.6 is 0 Å². The van der Waals surface area contributed by atoms with Gasteiger partial charge in [0.1, 0.15) is 0 Å². The summed E-state index contributed by atoms with van der Waals surface area (Å²) in [5, 5.41) is 18.6. The summed E-state index contributed by atoms with van der Waals surface area (Å²) in [6.45, 7) is 1.72. The summed E-state index contributed by atoms with van der Waals surface area (Å²) in [6.07, 6.45) is 0.869. The Kier molecular flexibility index (Phi) is 3.85. The van der Waals surface area contributed by atoms with E-state index in [4.69, 9.17) is 9.84 Å². The molecule has 1 aromatic rings. The average Bonchev–Trinajstić information content (AvgIpc) is 2.27. The van der Waals surface area contributed by atoms with E-state index in [0.717, 1.165) is 0 Å². The molecule has 14 heavy (non-hydrogen) atoms. The molecule has 0 saturated carbocycles. The molecule has 4 heteroatoms. The Labute approximate surface area is 83.2 Å². The van der Waals surface area contributed by atoms with Crippen LogP contribution in [0.3, 0.4) is 0 Å². The van der Waals surface area contributed by atoms with Gasteiger partial charge in [0.15, 0.2) is 0 Å². The van der Waals surface area contributed by atoms with E-state index in [1.165, 1.54) is 7.11 Å². The summed E-state index contributed by atoms with van der Waals surface area (Å²) in [6, 6.07) is 3.42. The normalized spacial score (nSPS) is 14.9. The first-order valence-electron chi connectivity index (χ1n) is 4.48. The largest absolute Gasteiger partial charge is 0.481 e. The molecule has 0 spiro atoms. The molecule has 78 valence electrons. The van der Waals surface area contributed by atoms with Crippen LogP contribution in [0, 0.1) is 5.92 Å². The third kappa shape index (κ3) is 2.43. The fraction of sp³-hybridized carbons (Fsp3) is 0.500. The number of rotatable bonds is 4. The zero-order valence-electron chi connectivity index (χ0n) is 8.34. The second-order valence-electron chi connectivity index (χ2n) is 3.24. The predicted octanol–water partition coefficient (Wildman–Crippen LogP) is 0.752. The maximum absolute atomic E-state index is 9.71. The lowest BCUT2D eigenvalue weighted by atomic mass is 10.00. The lowest BCUT2D eigenvalue weighted by Gasteiger charge is -2.16. The summed E-state index contributed by atoms with van der Waals surface area (Å²) in [7, 11) is 1.54. The monoisotopic (exact) mass is 197 g/mol. The molecule has 1 aromatic heterocycles. The molecule has 4 nitrogen and oxygen atoms in total. The SMILES string of the molecule is COc1ccc([C@@H](O)[C@H](C)CO)cn1. The number of aromatic nitrogens is 1. The fourth-order valence-electron chi connectivity index (χ4n) is 1.12. The van der Waals surface area contributed by atoms with Crippen molar-refractivity contribution in [2.45, 2.75) is 13.0 Å². The molecule has 2 atom stereocenters. The third-order valence-corrected chi connectivity index (χ3v) is 2.14. The summed E-state index contributed by atoms with van der Waals surface area (Å²) in [4.78, 5) is 3.97. The minimum atomic E-state index is -0.682. The van der Waals surface area contributed by atoms with Crippen molar-refractivity contribution >= 4 is 0 Å². The Hall–Kier alpha value is -1.13. The van der Waals surface area contributed by atoms with Gasteiger partial charge in [0.05, 0.1) is 13.2 Å². The van der Waals surface area contributed by atoms with Crippen molar-refractivity contribution in [3.8, 4) is 5.88 Å². The molecule has 1 rings (SSSR count). The highest BCUT2D eigenvalue weighted by Crippen LogP contribution is 2.21. The van der Waals surface area contributed by atoms with E-state index in [1.54, 1.807) is 25.3 Å². The molecular weight excluding hydrogens is 182 g/mol. The maximum atomic E-state index is 9.71. The van der Waals surface area contributed by atoms with Crippen LogP contribution < -0.4 is 4.74 Å². The molecule has 2 N–H and O–H groups in total. The second-order valence-corrected chi connectivity index (χ2v) is 3.24. The Morgan fingerprint density at radius 2 is 2.21 bits per heavy atom. The lowest BCUT2D eigenvalue weighted by Crippen LogP contribution is -2.13. The molecule has 0 saturated heterocycles. The van der Waals surface area contributed by atoms with Crippen LogP contribution in [-0.2, 0) is 0 Å². The molecule has 0 aliphatic rings. The van der Waals surface area contributed by atoms with Crippen LogP contribution in [0.15, 0.2) is 18.3 Å². The first kappa shape index (κ1) is 10.9. The quantitative estimate of drug-likeness (QED) is 0.747. The standard InChI is InChI=1S/C10H15NO3/c1-7(6-12)10(13)8-3-4-9(14-2)11-5-8/h3-5,7,10,12-13H,6H2,1-2H3/t7-,10+/m1/s1. The first-order chi connectivity index (χ1) is 6.69. The minimum absolute atomic E-state index is 0.0484. The molecule has 0 radical (unpaired) electrons. The lowest BCUT2D eigenvalue weighted by molar-refractivity contribution is 0.0767. The molecule has 0 bridgehead atoms. The topological polar surface area (TPSA) is 62.6 Å². The molecule has 0 aromatic carbocycles. The van der Waals surface area contributed by atoms with Gasteiger partial charge in [-0.25, -0.2) is 4.98 Å². The molecular formula is C10H15NO3. The van der Waals surface area contributed by atoms with E-state index in [2.05, 4.69) is 4.98 Å². The van der Waals surface area contributed by atoms with Gasteiger partial charge in [-0.15, -0.1) is 0 Å². The molecule has 0 aliphatic carbocycles. The zero-order chi connectivity index (χ0) is 10.6. The van der Waals surface area contributed by atoms with E-state index in [0.29, 0.717) is 11.4 Å². The highest BCUT2D eigenvalue weighted by Gasteiger charge is 2.15. The zero-order valence-corrected chi connectivity index (χ0v) is 8.34. The number of pyridine rings is 1. The van der Waals surface area contributed by atoms with E-state index in [1.807, 2.05) is 0 Å². The number of methoxy groups -OCH3 is 1. The number of aliphatic hydroxyl groups is 2. The Morgan fingerprint density at radius 3 is 2.64 bits per heavy atom. The number of ether oxygens (including phenoxy) is 1. The molecule has 0 aliphatic heterocycles. The third-order valence-electron chi connectivity index (χ3n) is 2.14. The Bertz CT molecular complexity index is 273. The molecule has 0 unspecified atom stereocenters. The van der Waals surface area contributed by atoms with E-state index >= 15 is 0 Å². The summed E-state index contributed by atoms with van der Waals surface area (Å²) < 4.78 is 4.89. The van der Waals surface area contributed by atoms with Gasteiger partial charge < -0.3 is 14.9 Å². The van der Waals surface area contributed by atoms with Gasteiger partial charge in [0.2, 0.25) is 5.88 Å². The van der Waals surface area contributed by atoms with Gasteiger partial charge in [0, 0.05) is 24.8 Å². The highest BCUT2D eigenvalue weighted by atomic mass is 16.5. The van der Waals surface area contributed by atoms with Crippen LogP contribution in [0.4, 0.5) is 0 Å². The van der Waals surface area contributed by atoms with Crippen molar-refractivity contribution < 1.29 is 14.9 Å². The van der Waals surface area contributed by atoms with Gasteiger partial charge >= 0.3 is 0 Å². The van der Waals surface area contributed by atoms with Gasteiger partial charge in [-0.3, -0.25) is 0 Å². The van der Waals surface area contributed by atoms with Crippen LogP contribution in [0.1, 0.15) is 18.6 Å². The fourth-order valence-corrected chi connectivity index (χ4v) is 1.12. The number of aliphatic hydroxyl groups excluding tert-OH is 2. The number of hydrogen-bond acceptors (Lipinski definition) is 4. The molecule has 0 amide bonds. The summed E-state index contributed by atoms with van der Waals surface area (Å²) in [5.74, 6) is 0.322. The second kappa shape index (κ2) is 4.93. The Balaban J connectivity index is 2.75. The van der Waals surface area contributed by atoms with Crippen LogP contribution in [-0.4, -0.2) is 28.9 Å².